The number of likely N-dealkylation sites (tertiary alicyclic amines) is 1. The number of fused-ring (bicyclic) bond motifs is 2. The van der Waals surface area contributed by atoms with Crippen LogP contribution in [0.5, 0.6) is 0 Å². The smallest absolute Gasteiger partial charge is 0.251 e. The molecule has 2 aliphatic rings. The predicted molar refractivity (Wildman–Crippen MR) is 140 cm³/mol. The van der Waals surface area contributed by atoms with Gasteiger partial charge >= 0.3 is 0 Å². The Hall–Kier alpha value is -3.34. The van der Waals surface area contributed by atoms with E-state index in [1.807, 2.05) is 24.5 Å². The SMILES string of the molecule is C=C=C(Nc1cnc2[nH]cc(-c3ccc4c(c3)C(C)(C)CNC4=O)c2c1)C1CCN(C)CC1.[HH].[HH].[HH]. The third-order valence-corrected chi connectivity index (χ3v) is 7.12. The second-order valence-electron chi connectivity index (χ2n) is 9.94. The number of nitrogens with one attached hydrogen (secondary N) is 3. The van der Waals surface area contributed by atoms with Gasteiger partial charge in [0.05, 0.1) is 17.6 Å². The topological polar surface area (TPSA) is 73.0 Å². The van der Waals surface area contributed by atoms with Crippen molar-refractivity contribution in [3.05, 3.63) is 65.8 Å². The highest BCUT2D eigenvalue weighted by atomic mass is 16.1. The van der Waals surface area contributed by atoms with E-state index >= 15 is 0 Å². The number of H-pyrrole nitrogens is 1. The molecule has 6 heteroatoms. The number of anilines is 1. The maximum Gasteiger partial charge on any atom is 0.251 e. The summed E-state index contributed by atoms with van der Waals surface area (Å²) in [5.74, 6) is 0.440. The van der Waals surface area contributed by atoms with Crippen molar-refractivity contribution in [2.75, 3.05) is 32.0 Å². The third kappa shape index (κ3) is 3.97. The van der Waals surface area contributed by atoms with Crippen LogP contribution in [0.1, 0.15) is 46.9 Å². The van der Waals surface area contributed by atoms with Crippen LogP contribution in [-0.2, 0) is 5.41 Å². The lowest BCUT2D eigenvalue weighted by Crippen LogP contribution is -2.43. The summed E-state index contributed by atoms with van der Waals surface area (Å²) in [6.07, 6.45) is 6.06. The number of aromatic nitrogens is 2. The zero-order valence-electron chi connectivity index (χ0n) is 19.6. The first-order valence-electron chi connectivity index (χ1n) is 11.6. The van der Waals surface area contributed by atoms with Crippen LogP contribution >= 0.6 is 0 Å². The minimum atomic E-state index is -0.117. The fraction of sp³-hybridized carbons (Fsp3) is 0.370. The molecule has 1 amide bonds. The molecule has 1 fully saturated rings. The molecule has 176 valence electrons. The minimum absolute atomic E-state index is 0. The molecule has 0 unspecified atom stereocenters. The van der Waals surface area contributed by atoms with Crippen LogP contribution in [-0.4, -0.2) is 47.5 Å². The van der Waals surface area contributed by atoms with Gasteiger partial charge in [0, 0.05) is 44.9 Å². The van der Waals surface area contributed by atoms with Gasteiger partial charge in [-0.15, -0.1) is 5.73 Å². The highest BCUT2D eigenvalue weighted by Gasteiger charge is 2.31. The maximum absolute atomic E-state index is 12.4. The molecule has 0 bridgehead atoms. The summed E-state index contributed by atoms with van der Waals surface area (Å²) in [6.45, 7) is 11.1. The largest absolute Gasteiger partial charge is 0.351 e. The monoisotopic (exact) mass is 447 g/mol. The Kier molecular flexibility index (Phi) is 5.35. The molecule has 1 saturated heterocycles. The summed E-state index contributed by atoms with van der Waals surface area (Å²) in [5.41, 5.74) is 9.84. The molecule has 4 heterocycles. The van der Waals surface area contributed by atoms with E-state index in [1.165, 1.54) is 0 Å². The number of hydrogen-bond acceptors (Lipinski definition) is 4. The van der Waals surface area contributed by atoms with Crippen molar-refractivity contribution in [2.24, 2.45) is 5.92 Å². The van der Waals surface area contributed by atoms with Gasteiger partial charge in [0.25, 0.3) is 5.91 Å². The summed E-state index contributed by atoms with van der Waals surface area (Å²) >= 11 is 0. The Morgan fingerprint density at radius 1 is 1.27 bits per heavy atom. The number of carbonyl (C=O) groups excluding carboxylic acids is 1. The van der Waals surface area contributed by atoms with Crippen molar-refractivity contribution in [1.82, 2.24) is 20.2 Å². The summed E-state index contributed by atoms with van der Waals surface area (Å²) in [4.78, 5) is 22.7. The number of rotatable bonds is 4. The Balaban J connectivity index is 0.00000152. The van der Waals surface area contributed by atoms with Crippen LogP contribution in [0.4, 0.5) is 5.69 Å². The van der Waals surface area contributed by atoms with E-state index in [-0.39, 0.29) is 15.6 Å². The van der Waals surface area contributed by atoms with E-state index in [0.29, 0.717) is 12.5 Å². The van der Waals surface area contributed by atoms with Crippen LogP contribution in [0.25, 0.3) is 22.2 Å². The van der Waals surface area contributed by atoms with Gasteiger partial charge in [-0.2, -0.15) is 0 Å². The standard InChI is InChI=1S/C27H31N5O.3H2/c1-5-24(17-8-10-32(4)11-9-17)31-19-13-21-22(15-29-25(21)28-14-19)18-6-7-20-23(12-18)27(2,3)16-30-26(20)33;;;/h6-7,12-15,17,31H,1,8-11,16H2,2-4H3,(H,28,29)(H,30,33);3*1H. The number of amides is 1. The summed E-state index contributed by atoms with van der Waals surface area (Å²) in [6, 6.07) is 8.26. The van der Waals surface area contributed by atoms with Crippen molar-refractivity contribution in [1.29, 1.82) is 0 Å². The van der Waals surface area contributed by atoms with Crippen molar-refractivity contribution in [2.45, 2.75) is 32.1 Å². The van der Waals surface area contributed by atoms with E-state index in [0.717, 1.165) is 70.6 Å². The number of carbonyl (C=O) groups is 1. The Bertz CT molecular complexity index is 1290. The highest BCUT2D eigenvalue weighted by Crippen LogP contribution is 2.36. The van der Waals surface area contributed by atoms with Crippen molar-refractivity contribution >= 4 is 22.6 Å². The molecule has 0 saturated carbocycles. The molecule has 0 radical (unpaired) electrons. The summed E-state index contributed by atoms with van der Waals surface area (Å²) in [5, 5.41) is 7.58. The van der Waals surface area contributed by atoms with Crippen molar-refractivity contribution in [3.8, 4) is 11.1 Å². The zero-order chi connectivity index (χ0) is 23.2. The minimum Gasteiger partial charge on any atom is -0.351 e. The average Bonchev–Trinajstić information content (AvgIpc) is 3.24. The van der Waals surface area contributed by atoms with Gasteiger partial charge in [-0.1, -0.05) is 26.5 Å². The number of nitrogens with zero attached hydrogens (tertiary/aromatic N) is 2. The normalized spacial score (nSPS) is 18.5. The second kappa shape index (κ2) is 8.22. The van der Waals surface area contributed by atoms with Crippen LogP contribution in [0, 0.1) is 5.92 Å². The van der Waals surface area contributed by atoms with Gasteiger partial charge in [-0.05, 0) is 62.3 Å². The molecule has 5 rings (SSSR count). The van der Waals surface area contributed by atoms with E-state index in [4.69, 9.17) is 0 Å². The molecule has 3 aromatic rings. The summed E-state index contributed by atoms with van der Waals surface area (Å²) < 4.78 is 0. The number of benzene rings is 1. The molecule has 2 aromatic heterocycles. The van der Waals surface area contributed by atoms with E-state index in [9.17, 15) is 4.79 Å². The van der Waals surface area contributed by atoms with Gasteiger partial charge in [-0.25, -0.2) is 4.98 Å². The first kappa shape index (κ1) is 21.5. The Morgan fingerprint density at radius 2 is 2.06 bits per heavy atom. The predicted octanol–water partition coefficient (Wildman–Crippen LogP) is 5.41. The van der Waals surface area contributed by atoms with Crippen LogP contribution in [0.3, 0.4) is 0 Å². The summed E-state index contributed by atoms with van der Waals surface area (Å²) in [7, 11) is 2.17. The van der Waals surface area contributed by atoms with E-state index in [1.54, 1.807) is 0 Å². The molecule has 6 nitrogen and oxygen atoms in total. The van der Waals surface area contributed by atoms with E-state index in [2.05, 4.69) is 70.8 Å². The zero-order valence-corrected chi connectivity index (χ0v) is 19.6. The van der Waals surface area contributed by atoms with Crippen molar-refractivity contribution < 1.29 is 9.07 Å². The van der Waals surface area contributed by atoms with Crippen molar-refractivity contribution in [3.63, 3.8) is 0 Å². The number of piperidine rings is 1. The lowest BCUT2D eigenvalue weighted by atomic mass is 9.78. The fourth-order valence-corrected chi connectivity index (χ4v) is 5.02. The average molecular weight is 448 g/mol. The molecule has 1 aromatic carbocycles. The lowest BCUT2D eigenvalue weighted by molar-refractivity contribution is 0.0930. The third-order valence-electron chi connectivity index (χ3n) is 7.12. The first-order chi connectivity index (χ1) is 15.9. The van der Waals surface area contributed by atoms with Gasteiger partial charge in [0.1, 0.15) is 5.65 Å². The molecule has 0 atom stereocenters. The van der Waals surface area contributed by atoms with E-state index < -0.39 is 0 Å². The van der Waals surface area contributed by atoms with Gasteiger partial charge in [0.2, 0.25) is 0 Å². The molecule has 0 spiro atoms. The second-order valence-corrected chi connectivity index (χ2v) is 9.94. The Labute approximate surface area is 199 Å². The number of aromatic amines is 1. The molecule has 2 aliphatic heterocycles. The van der Waals surface area contributed by atoms with Gasteiger partial charge in [-0.3, -0.25) is 4.79 Å². The molecular formula is C27H37N5O. The molecule has 0 aliphatic carbocycles. The van der Waals surface area contributed by atoms with Crippen LogP contribution < -0.4 is 10.6 Å². The number of pyridine rings is 1. The van der Waals surface area contributed by atoms with Gasteiger partial charge < -0.3 is 20.5 Å². The fourth-order valence-electron chi connectivity index (χ4n) is 5.02. The highest BCUT2D eigenvalue weighted by molar-refractivity contribution is 6.00. The molecule has 3 N–H and O–H groups in total. The number of allylic oxidation sites excluding steroid dienone is 1. The van der Waals surface area contributed by atoms with Crippen LogP contribution in [0.2, 0.25) is 0 Å². The molecule has 33 heavy (non-hydrogen) atoms. The maximum atomic E-state index is 12.4. The lowest BCUT2D eigenvalue weighted by Gasteiger charge is -2.32. The number of hydrogen-bond donors (Lipinski definition) is 3. The van der Waals surface area contributed by atoms with Gasteiger partial charge in [0.15, 0.2) is 0 Å². The van der Waals surface area contributed by atoms with Crippen LogP contribution in [0.15, 0.2) is 54.7 Å². The quantitative estimate of drug-likeness (QED) is 0.468. The first-order valence-corrected chi connectivity index (χ1v) is 11.6. The molecular weight excluding hydrogens is 410 g/mol. The Morgan fingerprint density at radius 3 is 2.82 bits per heavy atom.